The number of esters is 1. The number of halogens is 1. The van der Waals surface area contributed by atoms with Crippen molar-refractivity contribution in [2.45, 2.75) is 32.4 Å². The third-order valence-corrected chi connectivity index (χ3v) is 4.60. The molecule has 1 aromatic heterocycles. The molecule has 0 unspecified atom stereocenters. The zero-order valence-corrected chi connectivity index (χ0v) is 17.3. The van der Waals surface area contributed by atoms with Crippen LogP contribution in [0.2, 0.25) is 0 Å². The van der Waals surface area contributed by atoms with Crippen molar-refractivity contribution in [1.29, 1.82) is 0 Å². The summed E-state index contributed by atoms with van der Waals surface area (Å²) in [5.41, 5.74) is -0.373. The van der Waals surface area contributed by atoms with Crippen LogP contribution in [0.5, 0.6) is 0 Å². The highest BCUT2D eigenvalue weighted by atomic mass is 127. The van der Waals surface area contributed by atoms with Crippen LogP contribution in [-0.4, -0.2) is 71.1 Å². The summed E-state index contributed by atoms with van der Waals surface area (Å²) in [5, 5.41) is 0. The molecule has 1 aliphatic rings. The Morgan fingerprint density at radius 1 is 1.27 bits per heavy atom. The molecule has 1 aromatic rings. The molecule has 1 atom stereocenters. The van der Waals surface area contributed by atoms with Gasteiger partial charge in [0.1, 0.15) is 17.3 Å². The van der Waals surface area contributed by atoms with Crippen LogP contribution in [0.15, 0.2) is 18.3 Å². The molecule has 0 radical (unpaired) electrons. The molecule has 26 heavy (non-hydrogen) atoms. The number of aromatic nitrogens is 1. The van der Waals surface area contributed by atoms with E-state index in [-0.39, 0.29) is 31.2 Å². The summed E-state index contributed by atoms with van der Waals surface area (Å²) in [6, 6.07) is 2.59. The fraction of sp³-hybridized carbons (Fsp3) is 0.529. The number of pyridine rings is 1. The third kappa shape index (κ3) is 4.83. The second kappa shape index (κ2) is 8.19. The average Bonchev–Trinajstić information content (AvgIpc) is 2.59. The van der Waals surface area contributed by atoms with Crippen molar-refractivity contribution in [3.63, 3.8) is 0 Å². The molecule has 142 valence electrons. The van der Waals surface area contributed by atoms with Gasteiger partial charge in [0.05, 0.1) is 13.7 Å². The minimum Gasteiger partial charge on any atom is -0.467 e. The van der Waals surface area contributed by atoms with E-state index >= 15 is 0 Å². The number of hydrogen-bond acceptors (Lipinski definition) is 6. The molecule has 0 aromatic carbocycles. The quantitative estimate of drug-likeness (QED) is 0.480. The largest absolute Gasteiger partial charge is 0.467 e. The Labute approximate surface area is 166 Å². The molecule has 2 amide bonds. The highest BCUT2D eigenvalue weighted by Gasteiger charge is 2.39. The van der Waals surface area contributed by atoms with E-state index in [1.807, 2.05) is 22.6 Å². The topological polar surface area (TPSA) is 89.0 Å². The van der Waals surface area contributed by atoms with E-state index in [1.165, 1.54) is 23.1 Å². The molecule has 2 heterocycles. The Morgan fingerprint density at radius 2 is 1.96 bits per heavy atom. The Morgan fingerprint density at radius 3 is 2.54 bits per heavy atom. The van der Waals surface area contributed by atoms with Crippen LogP contribution in [0.3, 0.4) is 0 Å². The Bertz CT molecular complexity index is 704. The molecule has 1 aliphatic heterocycles. The molecular formula is C17H22IN3O5. The van der Waals surface area contributed by atoms with Crippen molar-refractivity contribution in [3.8, 4) is 0 Å². The number of rotatable bonds is 2. The Hall–Kier alpha value is -1.91. The predicted molar refractivity (Wildman–Crippen MR) is 102 cm³/mol. The first-order valence-corrected chi connectivity index (χ1v) is 9.19. The van der Waals surface area contributed by atoms with Gasteiger partial charge in [-0.15, -0.1) is 0 Å². The number of piperazine rings is 1. The first kappa shape index (κ1) is 20.4. The second-order valence-corrected chi connectivity index (χ2v) is 7.96. The minimum absolute atomic E-state index is 0.0107. The molecule has 0 spiro atoms. The molecule has 0 bridgehead atoms. The summed E-state index contributed by atoms with van der Waals surface area (Å²) in [5.74, 6) is -0.952. The Kier molecular flexibility index (Phi) is 6.43. The summed E-state index contributed by atoms with van der Waals surface area (Å²) in [6.45, 7) is 5.77. The second-order valence-electron chi connectivity index (χ2n) is 6.80. The molecule has 1 saturated heterocycles. The van der Waals surface area contributed by atoms with Gasteiger partial charge in [0.2, 0.25) is 0 Å². The van der Waals surface area contributed by atoms with Gasteiger partial charge in [-0.05, 0) is 55.5 Å². The van der Waals surface area contributed by atoms with E-state index < -0.39 is 23.7 Å². The van der Waals surface area contributed by atoms with Crippen molar-refractivity contribution in [2.24, 2.45) is 0 Å². The number of carbonyl (C=O) groups excluding carboxylic acids is 3. The molecule has 0 N–H and O–H groups in total. The Balaban J connectivity index is 2.21. The first-order chi connectivity index (χ1) is 12.1. The van der Waals surface area contributed by atoms with Crippen LogP contribution in [0.4, 0.5) is 4.79 Å². The maximum Gasteiger partial charge on any atom is 0.410 e. The number of hydrogen-bond donors (Lipinski definition) is 0. The lowest BCUT2D eigenvalue weighted by Crippen LogP contribution is -2.60. The summed E-state index contributed by atoms with van der Waals surface area (Å²) < 4.78 is 10.9. The third-order valence-electron chi connectivity index (χ3n) is 3.73. The lowest BCUT2D eigenvalue weighted by Gasteiger charge is -2.40. The SMILES string of the molecule is COC(=O)[C@@H]1CN(C(=O)OC(C)(C)C)CCN1C(=O)c1ncccc1I. The molecule has 9 heteroatoms. The lowest BCUT2D eigenvalue weighted by atomic mass is 10.1. The van der Waals surface area contributed by atoms with Gasteiger partial charge in [0, 0.05) is 22.9 Å². The number of methoxy groups -OCH3 is 1. The smallest absolute Gasteiger partial charge is 0.410 e. The van der Waals surface area contributed by atoms with Gasteiger partial charge >= 0.3 is 12.1 Å². The van der Waals surface area contributed by atoms with Crippen LogP contribution >= 0.6 is 22.6 Å². The fourth-order valence-electron chi connectivity index (χ4n) is 2.54. The summed E-state index contributed by atoms with van der Waals surface area (Å²) in [4.78, 5) is 44.3. The number of ether oxygens (including phenoxy) is 2. The summed E-state index contributed by atoms with van der Waals surface area (Å²) >= 11 is 2.02. The zero-order valence-electron chi connectivity index (χ0n) is 15.2. The van der Waals surface area contributed by atoms with E-state index in [4.69, 9.17) is 9.47 Å². The van der Waals surface area contributed by atoms with Crippen LogP contribution < -0.4 is 0 Å². The lowest BCUT2D eigenvalue weighted by molar-refractivity contribution is -0.147. The van der Waals surface area contributed by atoms with Gasteiger partial charge in [-0.3, -0.25) is 4.79 Å². The van der Waals surface area contributed by atoms with E-state index in [0.29, 0.717) is 3.57 Å². The molecular weight excluding hydrogens is 453 g/mol. The van der Waals surface area contributed by atoms with Crippen LogP contribution in [0.25, 0.3) is 0 Å². The van der Waals surface area contributed by atoms with E-state index in [2.05, 4.69) is 4.98 Å². The average molecular weight is 475 g/mol. The number of amides is 2. The highest BCUT2D eigenvalue weighted by Crippen LogP contribution is 2.19. The zero-order chi connectivity index (χ0) is 19.5. The molecule has 0 aliphatic carbocycles. The first-order valence-electron chi connectivity index (χ1n) is 8.11. The minimum atomic E-state index is -0.911. The monoisotopic (exact) mass is 475 g/mol. The fourth-order valence-corrected chi connectivity index (χ4v) is 3.11. The predicted octanol–water partition coefficient (Wildman–Crippen LogP) is 1.92. The van der Waals surface area contributed by atoms with Gasteiger partial charge in [-0.1, -0.05) is 0 Å². The van der Waals surface area contributed by atoms with Gasteiger partial charge in [0.15, 0.2) is 0 Å². The van der Waals surface area contributed by atoms with Gasteiger partial charge in [0.25, 0.3) is 5.91 Å². The maximum atomic E-state index is 12.9. The molecule has 2 rings (SSSR count). The normalized spacial score (nSPS) is 17.7. The van der Waals surface area contributed by atoms with Crippen molar-refractivity contribution in [2.75, 3.05) is 26.7 Å². The number of nitrogens with zero attached hydrogens (tertiary/aromatic N) is 3. The van der Waals surface area contributed by atoms with Crippen LogP contribution in [-0.2, 0) is 14.3 Å². The van der Waals surface area contributed by atoms with Crippen LogP contribution in [0, 0.1) is 3.57 Å². The van der Waals surface area contributed by atoms with E-state index in [0.717, 1.165) is 0 Å². The maximum absolute atomic E-state index is 12.9. The van der Waals surface area contributed by atoms with Gasteiger partial charge < -0.3 is 19.3 Å². The van der Waals surface area contributed by atoms with Crippen molar-refractivity contribution >= 4 is 40.6 Å². The molecule has 0 saturated carbocycles. The number of carbonyl (C=O) groups is 3. The molecule has 1 fully saturated rings. The van der Waals surface area contributed by atoms with Crippen molar-refractivity contribution in [3.05, 3.63) is 27.6 Å². The van der Waals surface area contributed by atoms with Gasteiger partial charge in [-0.2, -0.15) is 0 Å². The summed E-state index contributed by atoms with van der Waals surface area (Å²) in [6.07, 6.45) is 1.00. The van der Waals surface area contributed by atoms with Crippen molar-refractivity contribution in [1.82, 2.24) is 14.8 Å². The van der Waals surface area contributed by atoms with Gasteiger partial charge in [-0.25, -0.2) is 14.6 Å². The molecule has 8 nitrogen and oxygen atoms in total. The van der Waals surface area contributed by atoms with E-state index in [9.17, 15) is 14.4 Å². The standard InChI is InChI=1S/C17H22IN3O5/c1-17(2,3)26-16(24)20-8-9-21(12(10-20)15(23)25-4)14(22)13-11(18)6-5-7-19-13/h5-7,12H,8-10H2,1-4H3/t12-/m0/s1. The van der Waals surface area contributed by atoms with Crippen LogP contribution in [0.1, 0.15) is 31.3 Å². The van der Waals surface area contributed by atoms with Crippen molar-refractivity contribution < 1.29 is 23.9 Å². The highest BCUT2D eigenvalue weighted by molar-refractivity contribution is 14.1. The summed E-state index contributed by atoms with van der Waals surface area (Å²) in [7, 11) is 1.25. The van der Waals surface area contributed by atoms with E-state index in [1.54, 1.807) is 32.9 Å².